The number of ether oxygens (including phenoxy) is 1. The summed E-state index contributed by atoms with van der Waals surface area (Å²) in [5.41, 5.74) is 6.49. The fourth-order valence-corrected chi connectivity index (χ4v) is 2.89. The third-order valence-corrected chi connectivity index (χ3v) is 4.28. The molecule has 1 unspecified atom stereocenters. The van der Waals surface area contributed by atoms with Crippen LogP contribution in [0.25, 0.3) is 0 Å². The van der Waals surface area contributed by atoms with Gasteiger partial charge in [0.1, 0.15) is 0 Å². The van der Waals surface area contributed by atoms with Crippen molar-refractivity contribution in [3.05, 3.63) is 28.8 Å². The Morgan fingerprint density at radius 1 is 1.40 bits per heavy atom. The van der Waals surface area contributed by atoms with Crippen LogP contribution in [0.5, 0.6) is 0 Å². The van der Waals surface area contributed by atoms with Crippen molar-refractivity contribution < 1.29 is 14.3 Å². The van der Waals surface area contributed by atoms with Crippen molar-refractivity contribution in [1.29, 1.82) is 0 Å². The van der Waals surface area contributed by atoms with Gasteiger partial charge < -0.3 is 20.7 Å². The van der Waals surface area contributed by atoms with Crippen LogP contribution in [-0.4, -0.2) is 42.1 Å². The third kappa shape index (κ3) is 5.76. The number of anilines is 1. The molecule has 0 bridgehead atoms. The highest BCUT2D eigenvalue weighted by Crippen LogP contribution is 2.25. The van der Waals surface area contributed by atoms with Crippen molar-refractivity contribution in [1.82, 2.24) is 4.90 Å². The summed E-state index contributed by atoms with van der Waals surface area (Å²) >= 11 is 6.15. The van der Waals surface area contributed by atoms with Crippen LogP contribution in [0.1, 0.15) is 43.5 Å². The Balaban J connectivity index is 0.00000312. The SMILES string of the molecule is CC(C)OC(=O)c1ccc(Cl)c(NC(=O)N2CCCCC2CN)c1.Cl. The van der Waals surface area contributed by atoms with E-state index in [-0.39, 0.29) is 30.6 Å². The zero-order valence-electron chi connectivity index (χ0n) is 14.5. The van der Waals surface area contributed by atoms with E-state index in [0.29, 0.717) is 29.4 Å². The second kappa shape index (κ2) is 9.85. The monoisotopic (exact) mass is 389 g/mol. The van der Waals surface area contributed by atoms with Gasteiger partial charge in [0.2, 0.25) is 0 Å². The molecule has 140 valence electrons. The average molecular weight is 390 g/mol. The summed E-state index contributed by atoms with van der Waals surface area (Å²) in [6.07, 6.45) is 2.71. The summed E-state index contributed by atoms with van der Waals surface area (Å²) in [6.45, 7) is 4.65. The smallest absolute Gasteiger partial charge is 0.338 e. The Labute approximate surface area is 159 Å². The summed E-state index contributed by atoms with van der Waals surface area (Å²) in [5.74, 6) is -0.449. The highest BCUT2D eigenvalue weighted by atomic mass is 35.5. The van der Waals surface area contributed by atoms with Crippen LogP contribution in [-0.2, 0) is 4.74 Å². The molecule has 0 aliphatic carbocycles. The minimum Gasteiger partial charge on any atom is -0.459 e. The molecule has 0 spiro atoms. The summed E-state index contributed by atoms with van der Waals surface area (Å²) in [6, 6.07) is 4.47. The molecule has 1 aromatic carbocycles. The van der Waals surface area contributed by atoms with E-state index >= 15 is 0 Å². The first-order valence-corrected chi connectivity index (χ1v) is 8.58. The molecule has 1 heterocycles. The molecule has 2 rings (SSSR count). The van der Waals surface area contributed by atoms with E-state index in [9.17, 15) is 9.59 Å². The number of halogens is 2. The standard InChI is InChI=1S/C17H24ClN3O3.ClH/c1-11(2)24-16(22)12-6-7-14(18)15(9-12)20-17(23)21-8-4-3-5-13(21)10-19;/h6-7,9,11,13H,3-5,8,10,19H2,1-2H3,(H,20,23);1H. The Hall–Kier alpha value is -1.50. The number of benzene rings is 1. The van der Waals surface area contributed by atoms with E-state index in [2.05, 4.69) is 5.32 Å². The van der Waals surface area contributed by atoms with Gasteiger partial charge in [-0.15, -0.1) is 12.4 Å². The van der Waals surface area contributed by atoms with E-state index in [4.69, 9.17) is 22.1 Å². The molecular formula is C17H25Cl2N3O3. The van der Waals surface area contributed by atoms with Gasteiger partial charge in [0.25, 0.3) is 0 Å². The molecule has 0 radical (unpaired) electrons. The fraction of sp³-hybridized carbons (Fsp3) is 0.529. The lowest BCUT2D eigenvalue weighted by atomic mass is 10.0. The molecule has 1 aliphatic rings. The highest BCUT2D eigenvalue weighted by Gasteiger charge is 2.26. The number of piperidine rings is 1. The number of hydrogen-bond acceptors (Lipinski definition) is 4. The van der Waals surface area contributed by atoms with Crippen molar-refractivity contribution in [3.8, 4) is 0 Å². The van der Waals surface area contributed by atoms with Gasteiger partial charge in [0, 0.05) is 19.1 Å². The van der Waals surface area contributed by atoms with E-state index in [1.807, 2.05) is 0 Å². The Morgan fingerprint density at radius 3 is 2.76 bits per heavy atom. The van der Waals surface area contributed by atoms with Crippen LogP contribution in [0.4, 0.5) is 10.5 Å². The van der Waals surface area contributed by atoms with Gasteiger partial charge in [-0.1, -0.05) is 11.6 Å². The second-order valence-electron chi connectivity index (χ2n) is 6.16. The molecule has 1 saturated heterocycles. The Morgan fingerprint density at radius 2 is 2.12 bits per heavy atom. The van der Waals surface area contributed by atoms with Crippen LogP contribution in [0.3, 0.4) is 0 Å². The van der Waals surface area contributed by atoms with Crippen molar-refractivity contribution in [2.24, 2.45) is 5.73 Å². The summed E-state index contributed by atoms with van der Waals surface area (Å²) in [7, 11) is 0. The predicted octanol–water partition coefficient (Wildman–Crippen LogP) is 3.67. The summed E-state index contributed by atoms with van der Waals surface area (Å²) in [5, 5.41) is 3.15. The number of nitrogens with one attached hydrogen (secondary N) is 1. The van der Waals surface area contributed by atoms with Gasteiger partial charge in [-0.25, -0.2) is 9.59 Å². The van der Waals surface area contributed by atoms with Crippen LogP contribution in [0.15, 0.2) is 18.2 Å². The van der Waals surface area contributed by atoms with Gasteiger partial charge in [0.15, 0.2) is 0 Å². The molecule has 3 N–H and O–H groups in total. The zero-order valence-corrected chi connectivity index (χ0v) is 16.0. The predicted molar refractivity (Wildman–Crippen MR) is 102 cm³/mol. The van der Waals surface area contributed by atoms with Crippen LogP contribution in [0, 0.1) is 0 Å². The normalized spacial score (nSPS) is 17.0. The first-order chi connectivity index (χ1) is 11.4. The van der Waals surface area contributed by atoms with Crippen molar-refractivity contribution in [2.75, 3.05) is 18.4 Å². The number of hydrogen-bond donors (Lipinski definition) is 2. The van der Waals surface area contributed by atoms with Crippen LogP contribution < -0.4 is 11.1 Å². The number of carbonyl (C=O) groups is 2. The fourth-order valence-electron chi connectivity index (χ4n) is 2.73. The van der Waals surface area contributed by atoms with Gasteiger partial charge in [-0.3, -0.25) is 0 Å². The molecule has 1 aromatic rings. The third-order valence-electron chi connectivity index (χ3n) is 3.95. The molecule has 0 saturated carbocycles. The van der Waals surface area contributed by atoms with Crippen LogP contribution in [0.2, 0.25) is 5.02 Å². The maximum absolute atomic E-state index is 12.5. The average Bonchev–Trinajstić information content (AvgIpc) is 2.56. The molecular weight excluding hydrogens is 365 g/mol. The van der Waals surface area contributed by atoms with Crippen molar-refractivity contribution in [2.45, 2.75) is 45.3 Å². The number of esters is 1. The zero-order chi connectivity index (χ0) is 17.7. The lowest BCUT2D eigenvalue weighted by molar-refractivity contribution is 0.0378. The minimum absolute atomic E-state index is 0. The highest BCUT2D eigenvalue weighted by molar-refractivity contribution is 6.33. The summed E-state index contributed by atoms with van der Waals surface area (Å²) < 4.78 is 5.17. The lowest BCUT2D eigenvalue weighted by Gasteiger charge is -2.35. The number of nitrogens with zero attached hydrogens (tertiary/aromatic N) is 1. The molecule has 6 nitrogen and oxygen atoms in total. The summed E-state index contributed by atoms with van der Waals surface area (Å²) in [4.78, 5) is 26.3. The molecule has 1 fully saturated rings. The largest absolute Gasteiger partial charge is 0.459 e. The number of rotatable bonds is 4. The first kappa shape index (κ1) is 21.5. The van der Waals surface area contributed by atoms with E-state index in [1.54, 1.807) is 30.9 Å². The van der Waals surface area contributed by atoms with E-state index in [0.717, 1.165) is 19.3 Å². The van der Waals surface area contributed by atoms with Gasteiger partial charge in [0.05, 0.1) is 22.4 Å². The molecule has 1 aliphatic heterocycles. The minimum atomic E-state index is -0.449. The Bertz CT molecular complexity index is 611. The van der Waals surface area contributed by atoms with E-state index < -0.39 is 5.97 Å². The quantitative estimate of drug-likeness (QED) is 0.769. The number of carbonyl (C=O) groups excluding carboxylic acids is 2. The number of likely N-dealkylation sites (tertiary alicyclic amines) is 1. The van der Waals surface area contributed by atoms with Crippen LogP contribution >= 0.6 is 24.0 Å². The first-order valence-electron chi connectivity index (χ1n) is 8.20. The number of nitrogens with two attached hydrogens (primary N) is 1. The van der Waals surface area contributed by atoms with Crippen molar-refractivity contribution in [3.63, 3.8) is 0 Å². The maximum atomic E-state index is 12.5. The molecule has 1 atom stereocenters. The lowest BCUT2D eigenvalue weighted by Crippen LogP contribution is -2.49. The second-order valence-corrected chi connectivity index (χ2v) is 6.56. The van der Waals surface area contributed by atoms with Crippen molar-refractivity contribution >= 4 is 41.7 Å². The number of amides is 2. The van der Waals surface area contributed by atoms with E-state index in [1.165, 1.54) is 6.07 Å². The maximum Gasteiger partial charge on any atom is 0.338 e. The molecule has 25 heavy (non-hydrogen) atoms. The molecule has 0 aromatic heterocycles. The number of urea groups is 1. The molecule has 8 heteroatoms. The molecule has 2 amide bonds. The van der Waals surface area contributed by atoms with Gasteiger partial charge in [-0.2, -0.15) is 0 Å². The van der Waals surface area contributed by atoms with Gasteiger partial charge in [-0.05, 0) is 51.3 Å². The Kier molecular flexibility index (Phi) is 8.48. The van der Waals surface area contributed by atoms with Gasteiger partial charge >= 0.3 is 12.0 Å². The topological polar surface area (TPSA) is 84.7 Å².